The zero-order valence-corrected chi connectivity index (χ0v) is 15.7. The average molecular weight is 331 g/mol. The largest absolute Gasteiger partial charge is 0.362 e. The highest BCUT2D eigenvalue weighted by atomic mass is 14.9. The lowest BCUT2D eigenvalue weighted by molar-refractivity contribution is -0.0203. The molecule has 0 aliphatic heterocycles. The van der Waals surface area contributed by atoms with E-state index in [2.05, 4.69) is 16.9 Å². The van der Waals surface area contributed by atoms with Crippen molar-refractivity contribution in [2.45, 2.75) is 109 Å². The molecule has 1 unspecified atom stereocenters. The maximum Gasteiger partial charge on any atom is 0.272 e. The molecule has 1 atom stereocenters. The van der Waals surface area contributed by atoms with Crippen molar-refractivity contribution in [2.75, 3.05) is 0 Å². The standard InChI is InChI=1S/C22H38N2/c23-24-22-19-15-11-7-3-6-10-14-18-21(22)20-16-12-8-4-1-2-5-9-13-17-20/h3,6,20-21H,1-2,4-5,7-19H2/b6-3-. The van der Waals surface area contributed by atoms with E-state index < -0.39 is 0 Å². The van der Waals surface area contributed by atoms with Gasteiger partial charge in [0, 0.05) is 6.42 Å². The summed E-state index contributed by atoms with van der Waals surface area (Å²) in [5.41, 5.74) is 10.8. The number of hydrogen-bond acceptors (Lipinski definition) is 0. The van der Waals surface area contributed by atoms with Crippen LogP contribution in [0.5, 0.6) is 0 Å². The Hall–Kier alpha value is -0.880. The molecule has 0 heterocycles. The minimum atomic E-state index is 0.530. The molecule has 0 aromatic rings. The van der Waals surface area contributed by atoms with Gasteiger partial charge in [0.1, 0.15) is 0 Å². The van der Waals surface area contributed by atoms with Crippen molar-refractivity contribution < 1.29 is 4.79 Å². The molecule has 2 nitrogen and oxygen atoms in total. The molecule has 2 rings (SSSR count). The second kappa shape index (κ2) is 12.5. The molecular weight excluding hydrogens is 292 g/mol. The van der Waals surface area contributed by atoms with Crippen LogP contribution in [0.3, 0.4) is 0 Å². The van der Waals surface area contributed by atoms with Crippen molar-refractivity contribution in [1.82, 2.24) is 0 Å². The van der Waals surface area contributed by atoms with Gasteiger partial charge in [-0.05, 0) is 57.3 Å². The zero-order valence-electron chi connectivity index (χ0n) is 15.7. The Morgan fingerprint density at radius 2 is 1.25 bits per heavy atom. The normalized spacial score (nSPS) is 28.2. The predicted molar refractivity (Wildman–Crippen MR) is 103 cm³/mol. The molecule has 0 aromatic heterocycles. The molecule has 1 saturated carbocycles. The highest BCUT2D eigenvalue weighted by Crippen LogP contribution is 2.32. The van der Waals surface area contributed by atoms with Crippen LogP contribution in [0.4, 0.5) is 0 Å². The number of rotatable bonds is 1. The van der Waals surface area contributed by atoms with Gasteiger partial charge in [-0.2, -0.15) is 4.79 Å². The lowest BCUT2D eigenvalue weighted by Crippen LogP contribution is -2.25. The topological polar surface area (TPSA) is 36.4 Å². The van der Waals surface area contributed by atoms with E-state index in [-0.39, 0.29) is 0 Å². The second-order valence-corrected chi connectivity index (χ2v) is 8.01. The van der Waals surface area contributed by atoms with E-state index in [0.717, 1.165) is 18.1 Å². The summed E-state index contributed by atoms with van der Waals surface area (Å²) in [6, 6.07) is 0. The Balaban J connectivity index is 2.03. The highest BCUT2D eigenvalue weighted by molar-refractivity contribution is 5.81. The molecule has 1 fully saturated rings. The van der Waals surface area contributed by atoms with Crippen molar-refractivity contribution in [3.8, 4) is 0 Å². The summed E-state index contributed by atoms with van der Waals surface area (Å²) in [6.45, 7) is 0. The van der Waals surface area contributed by atoms with E-state index in [4.69, 9.17) is 0 Å². The van der Waals surface area contributed by atoms with Crippen LogP contribution in [-0.4, -0.2) is 10.5 Å². The van der Waals surface area contributed by atoms with Gasteiger partial charge in [0.05, 0.1) is 5.92 Å². The fourth-order valence-electron chi connectivity index (χ4n) is 4.66. The third kappa shape index (κ3) is 7.34. The van der Waals surface area contributed by atoms with Crippen molar-refractivity contribution in [3.05, 3.63) is 17.7 Å². The Morgan fingerprint density at radius 1 is 0.667 bits per heavy atom. The molecule has 0 spiro atoms. The van der Waals surface area contributed by atoms with Gasteiger partial charge in [-0.15, -0.1) is 0 Å². The maximum atomic E-state index is 9.69. The van der Waals surface area contributed by atoms with Gasteiger partial charge in [0.2, 0.25) is 0 Å². The summed E-state index contributed by atoms with van der Waals surface area (Å²) in [5, 5.41) is 0. The smallest absolute Gasteiger partial charge is 0.272 e. The SMILES string of the molecule is [N-]=[N+]=C1CCCC/C=C\CCCC1C1CCCCCCCCCC1. The molecule has 0 saturated heterocycles. The fraction of sp³-hybridized carbons (Fsp3) is 0.864. The van der Waals surface area contributed by atoms with E-state index in [9.17, 15) is 5.53 Å². The van der Waals surface area contributed by atoms with E-state index in [0.29, 0.717) is 5.92 Å². The summed E-state index contributed by atoms with van der Waals surface area (Å²) in [5.74, 6) is 1.28. The Bertz CT molecular complexity index is 394. The van der Waals surface area contributed by atoms with Crippen LogP contribution in [0, 0.1) is 11.8 Å². The highest BCUT2D eigenvalue weighted by Gasteiger charge is 2.30. The van der Waals surface area contributed by atoms with E-state index >= 15 is 0 Å². The van der Waals surface area contributed by atoms with Crippen LogP contribution in [-0.2, 0) is 0 Å². The number of nitrogens with zero attached hydrogens (tertiary/aromatic N) is 2. The lowest BCUT2D eigenvalue weighted by atomic mass is 9.77. The average Bonchev–Trinajstić information content (AvgIpc) is 2.70. The summed E-state index contributed by atoms with van der Waals surface area (Å²) >= 11 is 0. The summed E-state index contributed by atoms with van der Waals surface area (Å²) in [7, 11) is 0. The second-order valence-electron chi connectivity index (χ2n) is 8.01. The molecule has 24 heavy (non-hydrogen) atoms. The van der Waals surface area contributed by atoms with E-state index in [1.54, 1.807) is 0 Å². The first kappa shape index (κ1) is 19.4. The van der Waals surface area contributed by atoms with Gasteiger partial charge in [-0.3, -0.25) is 0 Å². The fourth-order valence-corrected chi connectivity index (χ4v) is 4.66. The van der Waals surface area contributed by atoms with Crippen LogP contribution < -0.4 is 0 Å². The van der Waals surface area contributed by atoms with Crippen LogP contribution in [0.25, 0.3) is 5.53 Å². The zero-order chi connectivity index (χ0) is 16.9. The van der Waals surface area contributed by atoms with Gasteiger partial charge in [0.25, 0.3) is 5.71 Å². The monoisotopic (exact) mass is 330 g/mol. The van der Waals surface area contributed by atoms with Crippen molar-refractivity contribution in [3.63, 3.8) is 0 Å². The molecule has 0 amide bonds. The quantitative estimate of drug-likeness (QED) is 0.279. The van der Waals surface area contributed by atoms with Crippen LogP contribution >= 0.6 is 0 Å². The molecule has 0 radical (unpaired) electrons. The molecular formula is C22H38N2. The third-order valence-corrected chi connectivity index (χ3v) is 6.13. The number of allylic oxidation sites excluding steroid dienone is 2. The molecule has 136 valence electrons. The van der Waals surface area contributed by atoms with Crippen LogP contribution in [0.15, 0.2) is 12.2 Å². The van der Waals surface area contributed by atoms with Crippen molar-refractivity contribution in [1.29, 1.82) is 0 Å². The van der Waals surface area contributed by atoms with Crippen LogP contribution in [0.2, 0.25) is 0 Å². The third-order valence-electron chi connectivity index (χ3n) is 6.13. The van der Waals surface area contributed by atoms with Crippen molar-refractivity contribution >= 4 is 5.71 Å². The van der Waals surface area contributed by atoms with Gasteiger partial charge in [0.15, 0.2) is 0 Å². The molecule has 2 aliphatic carbocycles. The predicted octanol–water partition coefficient (Wildman–Crippen LogP) is 7.10. The van der Waals surface area contributed by atoms with Gasteiger partial charge < -0.3 is 5.53 Å². The van der Waals surface area contributed by atoms with E-state index in [1.165, 1.54) is 103 Å². The molecule has 0 bridgehead atoms. The minimum Gasteiger partial charge on any atom is -0.362 e. The molecule has 0 aromatic carbocycles. The maximum absolute atomic E-state index is 9.69. The van der Waals surface area contributed by atoms with Gasteiger partial charge in [-0.1, -0.05) is 63.5 Å². The first-order valence-electron chi connectivity index (χ1n) is 10.8. The van der Waals surface area contributed by atoms with E-state index in [1.807, 2.05) is 0 Å². The summed E-state index contributed by atoms with van der Waals surface area (Å²) < 4.78 is 0. The lowest BCUT2D eigenvalue weighted by Gasteiger charge is -2.24. The molecule has 0 N–H and O–H groups in total. The first-order chi connectivity index (χ1) is 11.9. The Labute approximate surface area is 149 Å². The Morgan fingerprint density at radius 3 is 1.88 bits per heavy atom. The van der Waals surface area contributed by atoms with Gasteiger partial charge in [-0.25, -0.2) is 0 Å². The summed E-state index contributed by atoms with van der Waals surface area (Å²) in [4.78, 5) is 3.82. The van der Waals surface area contributed by atoms with Crippen molar-refractivity contribution in [2.24, 2.45) is 11.8 Å². The van der Waals surface area contributed by atoms with Gasteiger partial charge >= 0.3 is 0 Å². The summed E-state index contributed by atoms with van der Waals surface area (Å²) in [6.07, 6.45) is 26.9. The minimum absolute atomic E-state index is 0.530. The molecule has 2 heteroatoms. The van der Waals surface area contributed by atoms with Crippen LogP contribution in [0.1, 0.15) is 109 Å². The molecule has 2 aliphatic rings. The first-order valence-corrected chi connectivity index (χ1v) is 10.8. The Kier molecular flexibility index (Phi) is 10.1. The number of hydrogen-bond donors (Lipinski definition) is 0.